The van der Waals surface area contributed by atoms with E-state index in [1.807, 2.05) is 6.07 Å². The second-order valence-corrected chi connectivity index (χ2v) is 9.47. The third kappa shape index (κ3) is 6.25. The zero-order valence-electron chi connectivity index (χ0n) is 19.7. The molecule has 36 heavy (non-hydrogen) atoms. The molecule has 0 saturated carbocycles. The largest absolute Gasteiger partial charge is 0.484 e. The van der Waals surface area contributed by atoms with E-state index >= 15 is 0 Å². The number of amides is 1. The number of halogens is 1. The van der Waals surface area contributed by atoms with Crippen LogP contribution < -0.4 is 10.1 Å². The highest BCUT2D eigenvalue weighted by molar-refractivity contribution is 7.99. The molecule has 13 heteroatoms. The molecule has 1 aromatic carbocycles. The zero-order valence-corrected chi connectivity index (χ0v) is 22.1. The topological polar surface area (TPSA) is 122 Å². The number of nitrogens with one attached hydrogen (secondary N) is 1. The Morgan fingerprint density at radius 2 is 1.92 bits per heavy atom. The van der Waals surface area contributed by atoms with Crippen LogP contribution in [0.4, 0.5) is 5.00 Å². The first-order valence-corrected chi connectivity index (χ1v) is 12.6. The van der Waals surface area contributed by atoms with Crippen LogP contribution >= 0.6 is 34.7 Å². The first-order valence-electron chi connectivity index (χ1n) is 10.4. The molecule has 1 N–H and O–H groups in total. The highest BCUT2D eigenvalue weighted by Gasteiger charge is 2.27. The van der Waals surface area contributed by atoms with Crippen LogP contribution in [0.5, 0.6) is 5.75 Å². The van der Waals surface area contributed by atoms with Gasteiger partial charge in [-0.3, -0.25) is 9.36 Å². The number of hydrogen-bond donors (Lipinski definition) is 1. The number of esters is 2. The Kier molecular flexibility index (Phi) is 9.51. The molecule has 190 valence electrons. The molecule has 0 aliphatic heterocycles. The third-order valence-electron chi connectivity index (χ3n) is 4.79. The summed E-state index contributed by atoms with van der Waals surface area (Å²) >= 11 is 8.23. The Hall–Kier alpha value is -3.35. The standard InChI is InChI=1S/C23H23ClN4O6S2/c1-5-10-28-16(11-34-15-9-7-6-8-14(15)24)26-27-23(28)35-12-17(29)25-20-18(21(30)32-3)13(2)19(36-20)22(31)33-4/h5-9H,1,10-12H2,2-4H3,(H,25,29). The van der Waals surface area contributed by atoms with E-state index in [1.165, 1.54) is 14.2 Å². The van der Waals surface area contributed by atoms with Crippen molar-refractivity contribution in [3.05, 3.63) is 63.8 Å². The lowest BCUT2D eigenvalue weighted by Crippen LogP contribution is -2.16. The minimum Gasteiger partial charge on any atom is -0.484 e. The molecule has 0 spiro atoms. The number of hydrogen-bond acceptors (Lipinski definition) is 10. The summed E-state index contributed by atoms with van der Waals surface area (Å²) < 4.78 is 17.1. The van der Waals surface area contributed by atoms with Gasteiger partial charge >= 0.3 is 11.9 Å². The molecule has 0 aliphatic carbocycles. The van der Waals surface area contributed by atoms with Crippen LogP contribution in [0.3, 0.4) is 0 Å². The lowest BCUT2D eigenvalue weighted by Gasteiger charge is -2.10. The quantitative estimate of drug-likeness (QED) is 0.211. The van der Waals surface area contributed by atoms with E-state index in [9.17, 15) is 14.4 Å². The maximum absolute atomic E-state index is 12.7. The summed E-state index contributed by atoms with van der Waals surface area (Å²) in [5, 5.41) is 12.2. The maximum atomic E-state index is 12.7. The highest BCUT2D eigenvalue weighted by atomic mass is 35.5. The van der Waals surface area contributed by atoms with Crippen molar-refractivity contribution in [2.45, 2.75) is 25.2 Å². The Bertz CT molecular complexity index is 1290. The van der Waals surface area contributed by atoms with Gasteiger partial charge in [-0.05, 0) is 24.6 Å². The van der Waals surface area contributed by atoms with E-state index in [2.05, 4.69) is 22.1 Å². The van der Waals surface area contributed by atoms with Crippen LogP contribution in [0, 0.1) is 6.92 Å². The fraction of sp³-hybridized carbons (Fsp3) is 0.261. The van der Waals surface area contributed by atoms with Gasteiger partial charge in [0.05, 0.1) is 30.6 Å². The number of methoxy groups -OCH3 is 2. The van der Waals surface area contributed by atoms with Crippen molar-refractivity contribution in [1.29, 1.82) is 0 Å². The van der Waals surface area contributed by atoms with E-state index in [4.69, 9.17) is 25.8 Å². The molecule has 3 aromatic rings. The summed E-state index contributed by atoms with van der Waals surface area (Å²) in [5.74, 6) is -0.685. The van der Waals surface area contributed by atoms with Gasteiger partial charge in [-0.15, -0.1) is 28.1 Å². The molecule has 0 bridgehead atoms. The van der Waals surface area contributed by atoms with Gasteiger partial charge in [-0.1, -0.05) is 41.6 Å². The molecular formula is C23H23ClN4O6S2. The van der Waals surface area contributed by atoms with E-state index in [0.717, 1.165) is 23.1 Å². The second kappa shape index (κ2) is 12.6. The van der Waals surface area contributed by atoms with Gasteiger partial charge in [-0.25, -0.2) is 9.59 Å². The van der Waals surface area contributed by atoms with Crippen molar-refractivity contribution in [1.82, 2.24) is 14.8 Å². The van der Waals surface area contributed by atoms with Crippen molar-refractivity contribution in [2.24, 2.45) is 0 Å². The minimum atomic E-state index is -0.671. The number of rotatable bonds is 11. The fourth-order valence-corrected chi connectivity index (χ4v) is 5.16. The number of anilines is 1. The van der Waals surface area contributed by atoms with Crippen molar-refractivity contribution in [2.75, 3.05) is 25.3 Å². The predicted molar refractivity (Wildman–Crippen MR) is 137 cm³/mol. The average molecular weight is 551 g/mol. The molecule has 0 atom stereocenters. The summed E-state index contributed by atoms with van der Waals surface area (Å²) in [7, 11) is 2.46. The van der Waals surface area contributed by atoms with Crippen molar-refractivity contribution >= 4 is 57.5 Å². The molecule has 0 radical (unpaired) electrons. The monoisotopic (exact) mass is 550 g/mol. The number of allylic oxidation sites excluding steroid dienone is 1. The van der Waals surface area contributed by atoms with Crippen LogP contribution in [-0.4, -0.2) is 52.6 Å². The zero-order chi connectivity index (χ0) is 26.2. The molecule has 2 heterocycles. The summed E-state index contributed by atoms with van der Waals surface area (Å²) in [6.45, 7) is 5.86. The molecule has 1 amide bonds. The number of benzene rings is 1. The van der Waals surface area contributed by atoms with E-state index < -0.39 is 17.8 Å². The smallest absolute Gasteiger partial charge is 0.348 e. The SMILES string of the molecule is C=CCn1c(COc2ccccc2Cl)nnc1SCC(=O)Nc1sc(C(=O)OC)c(C)c1C(=O)OC. The van der Waals surface area contributed by atoms with Crippen LogP contribution in [0.2, 0.25) is 5.02 Å². The number of thioether (sulfide) groups is 1. The first-order chi connectivity index (χ1) is 17.3. The van der Waals surface area contributed by atoms with E-state index in [-0.39, 0.29) is 27.8 Å². The van der Waals surface area contributed by atoms with Gasteiger partial charge in [0.25, 0.3) is 0 Å². The van der Waals surface area contributed by atoms with E-state index in [0.29, 0.717) is 33.9 Å². The number of ether oxygens (including phenoxy) is 3. The molecule has 0 fully saturated rings. The normalized spacial score (nSPS) is 10.6. The third-order valence-corrected chi connectivity index (χ3v) is 7.26. The summed E-state index contributed by atoms with van der Waals surface area (Å²) in [6.07, 6.45) is 1.68. The van der Waals surface area contributed by atoms with Gasteiger partial charge in [-0.2, -0.15) is 0 Å². The Labute approximate surface area is 220 Å². The Morgan fingerprint density at radius 1 is 1.19 bits per heavy atom. The summed E-state index contributed by atoms with van der Waals surface area (Å²) in [4.78, 5) is 37.2. The first kappa shape index (κ1) is 27.2. The highest BCUT2D eigenvalue weighted by Crippen LogP contribution is 2.34. The van der Waals surface area contributed by atoms with Gasteiger partial charge in [0, 0.05) is 6.54 Å². The van der Waals surface area contributed by atoms with Gasteiger partial charge < -0.3 is 19.5 Å². The van der Waals surface area contributed by atoms with Crippen molar-refractivity contribution in [3.63, 3.8) is 0 Å². The number of carbonyl (C=O) groups is 3. The number of nitrogens with zero attached hydrogens (tertiary/aromatic N) is 3. The molecule has 2 aromatic heterocycles. The van der Waals surface area contributed by atoms with Crippen molar-refractivity contribution < 1.29 is 28.6 Å². The fourth-order valence-electron chi connectivity index (χ4n) is 3.08. The number of thiophene rings is 1. The summed E-state index contributed by atoms with van der Waals surface area (Å²) in [6, 6.07) is 7.08. The molecule has 10 nitrogen and oxygen atoms in total. The van der Waals surface area contributed by atoms with Crippen LogP contribution in [0.15, 0.2) is 42.1 Å². The molecule has 3 rings (SSSR count). The molecule has 0 aliphatic rings. The second-order valence-electron chi connectivity index (χ2n) is 7.10. The minimum absolute atomic E-state index is 0.0359. The number of aromatic nitrogens is 3. The lowest BCUT2D eigenvalue weighted by molar-refractivity contribution is -0.113. The lowest BCUT2D eigenvalue weighted by atomic mass is 10.1. The Morgan fingerprint density at radius 3 is 2.58 bits per heavy atom. The molecular weight excluding hydrogens is 528 g/mol. The van der Waals surface area contributed by atoms with Crippen LogP contribution in [0.25, 0.3) is 0 Å². The van der Waals surface area contributed by atoms with Crippen LogP contribution in [-0.2, 0) is 27.4 Å². The summed E-state index contributed by atoms with van der Waals surface area (Å²) in [5.41, 5.74) is 0.477. The average Bonchev–Trinajstić information content (AvgIpc) is 3.41. The Balaban J connectivity index is 1.71. The van der Waals surface area contributed by atoms with Crippen molar-refractivity contribution in [3.8, 4) is 5.75 Å². The maximum Gasteiger partial charge on any atom is 0.348 e. The van der Waals surface area contributed by atoms with Gasteiger partial charge in [0.1, 0.15) is 22.2 Å². The number of para-hydroxylation sites is 1. The van der Waals surface area contributed by atoms with Crippen LogP contribution in [0.1, 0.15) is 31.4 Å². The number of carbonyl (C=O) groups excluding carboxylic acids is 3. The van der Waals surface area contributed by atoms with Gasteiger partial charge in [0.2, 0.25) is 5.91 Å². The molecule has 0 unspecified atom stereocenters. The van der Waals surface area contributed by atoms with Gasteiger partial charge in [0.15, 0.2) is 11.0 Å². The molecule has 0 saturated heterocycles. The predicted octanol–water partition coefficient (Wildman–Crippen LogP) is 4.37. The van der Waals surface area contributed by atoms with E-state index in [1.54, 1.807) is 35.8 Å².